The lowest BCUT2D eigenvalue weighted by Gasteiger charge is -2.32. The Labute approximate surface area is 250 Å². The topological polar surface area (TPSA) is 105 Å². The number of carbonyl (C=O) groups is 2. The van der Waals surface area contributed by atoms with E-state index in [1.165, 1.54) is 35.2 Å². The number of hydrogen-bond donors (Lipinski definition) is 1. The van der Waals surface area contributed by atoms with Crippen LogP contribution in [0.4, 0.5) is 10.1 Å². The van der Waals surface area contributed by atoms with Crippen molar-refractivity contribution in [2.75, 3.05) is 24.1 Å². The Bertz CT molecular complexity index is 1540. The number of rotatable bonds is 11. The molecule has 2 atom stereocenters. The van der Waals surface area contributed by atoms with Crippen LogP contribution < -0.4 is 19.1 Å². The van der Waals surface area contributed by atoms with E-state index in [4.69, 9.17) is 21.1 Å². The number of ether oxygens (including phenoxy) is 2. The van der Waals surface area contributed by atoms with Gasteiger partial charge in [-0.2, -0.15) is 0 Å². The molecule has 0 bridgehead atoms. The smallest absolute Gasteiger partial charge is 0.264 e. The molecule has 1 aliphatic heterocycles. The van der Waals surface area contributed by atoms with E-state index < -0.39 is 40.2 Å². The molecule has 0 fully saturated rings. The molecule has 3 aromatic carbocycles. The Kier molecular flexibility index (Phi) is 9.95. The number of fused-ring (bicyclic) bond motifs is 1. The number of halogens is 2. The maximum absolute atomic E-state index is 14.0. The van der Waals surface area contributed by atoms with Gasteiger partial charge in [0.05, 0.1) is 10.6 Å². The van der Waals surface area contributed by atoms with Crippen molar-refractivity contribution in [1.82, 2.24) is 10.2 Å². The van der Waals surface area contributed by atoms with E-state index in [1.807, 2.05) is 13.8 Å². The van der Waals surface area contributed by atoms with E-state index in [0.717, 1.165) is 16.4 Å². The molecule has 0 saturated carbocycles. The molecule has 0 saturated heterocycles. The van der Waals surface area contributed by atoms with Crippen LogP contribution in [0.25, 0.3) is 0 Å². The van der Waals surface area contributed by atoms with Crippen LogP contribution in [0.3, 0.4) is 0 Å². The Hall–Kier alpha value is -3.83. The van der Waals surface area contributed by atoms with Crippen LogP contribution in [0.2, 0.25) is 5.02 Å². The zero-order valence-corrected chi connectivity index (χ0v) is 25.1. The average Bonchev–Trinajstić information content (AvgIpc) is 2.99. The third-order valence-corrected chi connectivity index (χ3v) is 9.10. The Morgan fingerprint density at radius 2 is 1.67 bits per heavy atom. The van der Waals surface area contributed by atoms with E-state index in [2.05, 4.69) is 5.32 Å². The lowest BCUT2D eigenvalue weighted by Crippen LogP contribution is -2.52. The molecule has 1 N–H and O–H groups in total. The van der Waals surface area contributed by atoms with Crippen LogP contribution in [-0.2, 0) is 26.2 Å². The number of anilines is 1. The van der Waals surface area contributed by atoms with Crippen LogP contribution in [-0.4, -0.2) is 57.0 Å². The van der Waals surface area contributed by atoms with E-state index in [0.29, 0.717) is 29.4 Å². The van der Waals surface area contributed by atoms with Gasteiger partial charge in [-0.15, -0.1) is 0 Å². The number of sulfonamides is 1. The van der Waals surface area contributed by atoms with Gasteiger partial charge in [-0.3, -0.25) is 13.9 Å². The second-order valence-corrected chi connectivity index (χ2v) is 12.2. The van der Waals surface area contributed by atoms with E-state index >= 15 is 0 Å². The van der Waals surface area contributed by atoms with Gasteiger partial charge in [-0.25, -0.2) is 12.8 Å². The summed E-state index contributed by atoms with van der Waals surface area (Å²) in [5.41, 5.74) is 0.646. The van der Waals surface area contributed by atoms with Crippen molar-refractivity contribution in [3.05, 3.63) is 83.1 Å². The lowest BCUT2D eigenvalue weighted by atomic mass is 10.1. The minimum Gasteiger partial charge on any atom is -0.486 e. The molecule has 0 radical (unpaired) electrons. The third kappa shape index (κ3) is 7.14. The fourth-order valence-electron chi connectivity index (χ4n) is 4.31. The summed E-state index contributed by atoms with van der Waals surface area (Å²) in [6, 6.07) is 14.7. The van der Waals surface area contributed by atoms with Crippen molar-refractivity contribution in [2.45, 2.75) is 50.7 Å². The monoisotopic (exact) mass is 617 g/mol. The summed E-state index contributed by atoms with van der Waals surface area (Å²) in [6.45, 7) is 5.21. The van der Waals surface area contributed by atoms with Crippen molar-refractivity contribution >= 4 is 39.1 Å². The van der Waals surface area contributed by atoms with Crippen molar-refractivity contribution in [2.24, 2.45) is 0 Å². The average molecular weight is 618 g/mol. The van der Waals surface area contributed by atoms with E-state index in [1.54, 1.807) is 31.2 Å². The first-order valence-electron chi connectivity index (χ1n) is 13.5. The summed E-state index contributed by atoms with van der Waals surface area (Å²) in [6.07, 6.45) is 0.684. The minimum atomic E-state index is -4.38. The number of benzene rings is 3. The first-order chi connectivity index (χ1) is 20.0. The summed E-state index contributed by atoms with van der Waals surface area (Å²) in [5, 5.41) is 3.27. The number of nitrogens with one attached hydrogen (secondary N) is 1. The largest absolute Gasteiger partial charge is 0.486 e. The van der Waals surface area contributed by atoms with Gasteiger partial charge < -0.3 is 19.7 Å². The van der Waals surface area contributed by atoms with Crippen LogP contribution >= 0.6 is 11.6 Å². The van der Waals surface area contributed by atoms with Crippen molar-refractivity contribution < 1.29 is 31.9 Å². The molecular formula is C30H33ClFN3O6S. The maximum Gasteiger partial charge on any atom is 0.264 e. The third-order valence-electron chi connectivity index (χ3n) is 6.96. The number of nitrogens with zero attached hydrogens (tertiary/aromatic N) is 2. The van der Waals surface area contributed by atoms with Crippen molar-refractivity contribution in [3.8, 4) is 11.5 Å². The fraction of sp³-hybridized carbons (Fsp3) is 0.333. The SMILES string of the molecule is CC[C@H](C)NC(=O)[C@H](C)N(Cc1ccccc1Cl)C(=O)CN(c1ccc(F)cc1)S(=O)(=O)c1ccc2c(c1)OCCO2. The molecule has 42 heavy (non-hydrogen) atoms. The van der Waals surface area contributed by atoms with Gasteiger partial charge in [0.1, 0.15) is 31.6 Å². The highest BCUT2D eigenvalue weighted by Gasteiger charge is 2.33. The predicted octanol–water partition coefficient (Wildman–Crippen LogP) is 4.78. The maximum atomic E-state index is 14.0. The highest BCUT2D eigenvalue weighted by atomic mass is 35.5. The van der Waals surface area contributed by atoms with Crippen LogP contribution in [0.5, 0.6) is 11.5 Å². The molecule has 2 amide bonds. The molecule has 4 rings (SSSR count). The molecule has 3 aromatic rings. The summed E-state index contributed by atoms with van der Waals surface area (Å²) in [7, 11) is -4.38. The molecule has 12 heteroatoms. The highest BCUT2D eigenvalue weighted by Crippen LogP contribution is 2.34. The molecule has 1 aliphatic rings. The summed E-state index contributed by atoms with van der Waals surface area (Å²) < 4.78 is 53.8. The molecule has 0 aromatic heterocycles. The van der Waals surface area contributed by atoms with Crippen LogP contribution in [0.15, 0.2) is 71.6 Å². The van der Waals surface area contributed by atoms with Gasteiger partial charge >= 0.3 is 0 Å². The molecule has 1 heterocycles. The first kappa shape index (κ1) is 31.1. The summed E-state index contributed by atoms with van der Waals surface area (Å²) >= 11 is 6.39. The Morgan fingerprint density at radius 3 is 2.33 bits per heavy atom. The van der Waals surface area contributed by atoms with Gasteiger partial charge in [0.15, 0.2) is 11.5 Å². The number of hydrogen-bond acceptors (Lipinski definition) is 6. The summed E-state index contributed by atoms with van der Waals surface area (Å²) in [4.78, 5) is 28.3. The summed E-state index contributed by atoms with van der Waals surface area (Å²) in [5.74, 6) is -0.975. The Balaban J connectivity index is 1.72. The molecular weight excluding hydrogens is 585 g/mol. The van der Waals surface area contributed by atoms with Crippen LogP contribution in [0, 0.1) is 5.82 Å². The quantitative estimate of drug-likeness (QED) is 0.332. The van der Waals surface area contributed by atoms with Crippen molar-refractivity contribution in [3.63, 3.8) is 0 Å². The van der Waals surface area contributed by atoms with Gasteiger partial charge in [0.25, 0.3) is 10.0 Å². The molecule has 224 valence electrons. The molecule has 9 nitrogen and oxygen atoms in total. The highest BCUT2D eigenvalue weighted by molar-refractivity contribution is 7.92. The number of amides is 2. The van der Waals surface area contributed by atoms with Crippen molar-refractivity contribution in [1.29, 1.82) is 0 Å². The van der Waals surface area contributed by atoms with Crippen LogP contribution in [0.1, 0.15) is 32.8 Å². The Morgan fingerprint density at radius 1 is 1.00 bits per heavy atom. The molecule has 0 aliphatic carbocycles. The standard InChI is InChI=1S/C30H33ClFN3O6S/c1-4-20(2)33-30(37)21(3)34(18-22-7-5-6-8-26(22)31)29(36)19-35(24-11-9-23(32)10-12-24)42(38,39)25-13-14-27-28(17-25)41-16-15-40-27/h5-14,17,20-21H,4,15-16,18-19H2,1-3H3,(H,33,37)/t20-,21-/m0/s1. The molecule has 0 unspecified atom stereocenters. The minimum absolute atomic E-state index is 0.0467. The van der Waals surface area contributed by atoms with E-state index in [9.17, 15) is 22.4 Å². The zero-order chi connectivity index (χ0) is 30.4. The predicted molar refractivity (Wildman–Crippen MR) is 158 cm³/mol. The van der Waals surface area contributed by atoms with Gasteiger partial charge in [0.2, 0.25) is 11.8 Å². The second-order valence-electron chi connectivity index (χ2n) is 9.90. The lowest BCUT2D eigenvalue weighted by molar-refractivity contribution is -0.139. The van der Waals surface area contributed by atoms with Gasteiger partial charge in [-0.05, 0) is 68.3 Å². The van der Waals surface area contributed by atoms with Gasteiger partial charge in [0, 0.05) is 23.7 Å². The number of carbonyl (C=O) groups excluding carboxylic acids is 2. The molecule has 0 spiro atoms. The zero-order valence-electron chi connectivity index (χ0n) is 23.5. The fourth-order valence-corrected chi connectivity index (χ4v) is 5.93. The normalized spacial score (nSPS) is 14.0. The van der Waals surface area contributed by atoms with E-state index in [-0.39, 0.29) is 35.5 Å². The first-order valence-corrected chi connectivity index (χ1v) is 15.3. The van der Waals surface area contributed by atoms with Gasteiger partial charge in [-0.1, -0.05) is 36.7 Å². The second kappa shape index (κ2) is 13.4.